The molecule has 108 valence electrons. The van der Waals surface area contributed by atoms with Gasteiger partial charge in [0.2, 0.25) is 0 Å². The Morgan fingerprint density at radius 3 is 2.33 bits per heavy atom. The predicted octanol–water partition coefficient (Wildman–Crippen LogP) is 3.98. The summed E-state index contributed by atoms with van der Waals surface area (Å²) in [5.74, 6) is 0.572. The first-order valence-corrected chi connectivity index (χ1v) is 8.76. The SMILES string of the molecule is CC(C)c1ccc(C(C)Nc2cccc3n[se]nc23)cc1. The van der Waals surface area contributed by atoms with Gasteiger partial charge in [0.25, 0.3) is 0 Å². The molecule has 0 saturated carbocycles. The van der Waals surface area contributed by atoms with Crippen molar-refractivity contribution in [3.63, 3.8) is 0 Å². The number of aromatic nitrogens is 2. The van der Waals surface area contributed by atoms with Crippen molar-refractivity contribution in [2.45, 2.75) is 32.7 Å². The van der Waals surface area contributed by atoms with Crippen LogP contribution < -0.4 is 5.32 Å². The molecule has 1 aromatic heterocycles. The van der Waals surface area contributed by atoms with Crippen LogP contribution in [0.15, 0.2) is 42.5 Å². The second-order valence-electron chi connectivity index (χ2n) is 5.62. The van der Waals surface area contributed by atoms with Gasteiger partial charge >= 0.3 is 131 Å². The van der Waals surface area contributed by atoms with Crippen LogP contribution in [0.1, 0.15) is 43.9 Å². The van der Waals surface area contributed by atoms with Crippen molar-refractivity contribution < 1.29 is 0 Å². The van der Waals surface area contributed by atoms with Gasteiger partial charge in [0.15, 0.2) is 0 Å². The summed E-state index contributed by atoms with van der Waals surface area (Å²) in [5.41, 5.74) is 5.78. The fourth-order valence-electron chi connectivity index (χ4n) is 2.41. The molecule has 1 N–H and O–H groups in total. The molecule has 3 nitrogen and oxygen atoms in total. The average molecular weight is 344 g/mol. The fourth-order valence-corrected chi connectivity index (χ4v) is 3.56. The summed E-state index contributed by atoms with van der Waals surface area (Å²) in [6, 6.07) is 15.3. The second kappa shape index (κ2) is 6.00. The molecule has 3 aromatic rings. The van der Waals surface area contributed by atoms with E-state index in [2.05, 4.69) is 64.4 Å². The zero-order valence-electron chi connectivity index (χ0n) is 12.5. The third kappa shape index (κ3) is 3.02. The van der Waals surface area contributed by atoms with E-state index in [-0.39, 0.29) is 21.0 Å². The average Bonchev–Trinajstić information content (AvgIpc) is 2.97. The summed E-state index contributed by atoms with van der Waals surface area (Å²) < 4.78 is 8.94. The monoisotopic (exact) mass is 345 g/mol. The minimum absolute atomic E-state index is 0.0161. The van der Waals surface area contributed by atoms with Gasteiger partial charge in [-0.3, -0.25) is 0 Å². The van der Waals surface area contributed by atoms with Gasteiger partial charge < -0.3 is 0 Å². The zero-order valence-corrected chi connectivity index (χ0v) is 14.2. The van der Waals surface area contributed by atoms with Gasteiger partial charge in [-0.15, -0.1) is 0 Å². The standard InChI is InChI=1S/C17H19N3Se/c1-11(2)13-7-9-14(10-8-13)12(3)18-15-5-4-6-16-17(15)20-21-19-16/h4-12,18H,1-3H3. The van der Waals surface area contributed by atoms with E-state index in [1.165, 1.54) is 11.1 Å². The Morgan fingerprint density at radius 1 is 0.905 bits per heavy atom. The van der Waals surface area contributed by atoms with E-state index in [0.717, 1.165) is 16.7 Å². The minimum atomic E-state index is 0.0161. The Morgan fingerprint density at radius 2 is 1.62 bits per heavy atom. The topological polar surface area (TPSA) is 37.8 Å². The number of rotatable bonds is 4. The Balaban J connectivity index is 1.82. The van der Waals surface area contributed by atoms with E-state index in [4.69, 9.17) is 0 Å². The van der Waals surface area contributed by atoms with Gasteiger partial charge in [-0.05, 0) is 0 Å². The van der Waals surface area contributed by atoms with Gasteiger partial charge in [-0.2, -0.15) is 0 Å². The van der Waals surface area contributed by atoms with E-state index in [1.807, 2.05) is 12.1 Å². The third-order valence-corrected chi connectivity index (χ3v) is 4.90. The van der Waals surface area contributed by atoms with Crippen molar-refractivity contribution in [2.75, 3.05) is 5.32 Å². The van der Waals surface area contributed by atoms with Gasteiger partial charge in [-0.1, -0.05) is 0 Å². The Hall–Kier alpha value is -1.64. The molecule has 0 spiro atoms. The molecular formula is C17H19N3Se. The fraction of sp³-hybridized carbons (Fsp3) is 0.294. The second-order valence-corrected chi connectivity index (χ2v) is 6.73. The van der Waals surface area contributed by atoms with Gasteiger partial charge in [0, 0.05) is 0 Å². The van der Waals surface area contributed by atoms with Crippen LogP contribution in [0.5, 0.6) is 0 Å². The molecule has 1 heterocycles. The van der Waals surface area contributed by atoms with Gasteiger partial charge in [-0.25, -0.2) is 0 Å². The number of nitrogens with zero attached hydrogens (tertiary/aromatic N) is 2. The third-order valence-electron chi connectivity index (χ3n) is 3.76. The number of nitrogens with one attached hydrogen (secondary N) is 1. The van der Waals surface area contributed by atoms with E-state index >= 15 is 0 Å². The Labute approximate surface area is 131 Å². The first-order chi connectivity index (χ1) is 10.1. The molecule has 3 rings (SSSR count). The summed E-state index contributed by atoms with van der Waals surface area (Å²) >= 11 is 0.0161. The van der Waals surface area contributed by atoms with E-state index in [9.17, 15) is 0 Å². The van der Waals surface area contributed by atoms with Crippen LogP contribution in [0, 0.1) is 0 Å². The molecule has 4 heteroatoms. The van der Waals surface area contributed by atoms with Crippen molar-refractivity contribution in [1.82, 2.24) is 7.96 Å². The number of fused-ring (bicyclic) bond motifs is 1. The van der Waals surface area contributed by atoms with Crippen LogP contribution in [-0.4, -0.2) is 22.9 Å². The Bertz CT molecular complexity index is 731. The van der Waals surface area contributed by atoms with Crippen LogP contribution in [-0.2, 0) is 0 Å². The van der Waals surface area contributed by atoms with Gasteiger partial charge in [0.05, 0.1) is 0 Å². The van der Waals surface area contributed by atoms with Crippen LogP contribution in [0.2, 0.25) is 0 Å². The van der Waals surface area contributed by atoms with Crippen molar-refractivity contribution in [1.29, 1.82) is 0 Å². The predicted molar refractivity (Wildman–Crippen MR) is 89.0 cm³/mol. The van der Waals surface area contributed by atoms with E-state index in [1.54, 1.807) is 0 Å². The van der Waals surface area contributed by atoms with Crippen LogP contribution >= 0.6 is 0 Å². The van der Waals surface area contributed by atoms with Crippen molar-refractivity contribution in [3.8, 4) is 0 Å². The maximum absolute atomic E-state index is 4.52. The van der Waals surface area contributed by atoms with Crippen molar-refractivity contribution >= 4 is 31.7 Å². The molecular weight excluding hydrogens is 325 g/mol. The molecule has 1 unspecified atom stereocenters. The summed E-state index contributed by atoms with van der Waals surface area (Å²) in [6.45, 7) is 6.62. The molecule has 0 saturated heterocycles. The van der Waals surface area contributed by atoms with Crippen LogP contribution in [0.25, 0.3) is 11.0 Å². The van der Waals surface area contributed by atoms with Gasteiger partial charge in [0.1, 0.15) is 0 Å². The number of anilines is 1. The molecule has 0 aliphatic heterocycles. The first kappa shape index (κ1) is 14.3. The summed E-state index contributed by atoms with van der Waals surface area (Å²) in [5, 5.41) is 3.56. The first-order valence-electron chi connectivity index (χ1n) is 7.23. The quantitative estimate of drug-likeness (QED) is 0.728. The number of benzene rings is 2. The molecule has 0 fully saturated rings. The number of hydrogen-bond donors (Lipinski definition) is 1. The molecule has 0 amide bonds. The zero-order chi connectivity index (χ0) is 14.8. The molecule has 0 aliphatic carbocycles. The summed E-state index contributed by atoms with van der Waals surface area (Å²) in [4.78, 5) is 0. The molecule has 0 radical (unpaired) electrons. The van der Waals surface area contributed by atoms with Crippen molar-refractivity contribution in [3.05, 3.63) is 53.6 Å². The molecule has 2 aromatic carbocycles. The van der Waals surface area contributed by atoms with Crippen LogP contribution in [0.4, 0.5) is 5.69 Å². The molecule has 0 bridgehead atoms. The number of hydrogen-bond acceptors (Lipinski definition) is 3. The summed E-state index contributed by atoms with van der Waals surface area (Å²) in [7, 11) is 0. The van der Waals surface area contributed by atoms with Crippen LogP contribution in [0.3, 0.4) is 0 Å². The normalized spacial score (nSPS) is 12.8. The molecule has 21 heavy (non-hydrogen) atoms. The molecule has 1 atom stereocenters. The maximum atomic E-state index is 4.52. The Kier molecular flexibility index (Phi) is 4.09. The summed E-state index contributed by atoms with van der Waals surface area (Å²) in [6.07, 6.45) is 0. The van der Waals surface area contributed by atoms with E-state index in [0.29, 0.717) is 5.92 Å². The van der Waals surface area contributed by atoms with Crippen molar-refractivity contribution in [2.24, 2.45) is 0 Å². The molecule has 0 aliphatic rings. The van der Waals surface area contributed by atoms with E-state index < -0.39 is 0 Å².